The summed E-state index contributed by atoms with van der Waals surface area (Å²) < 4.78 is 29.9. The largest absolute Gasteiger partial charge is 0.478 e. The van der Waals surface area contributed by atoms with Crippen LogP contribution in [0.15, 0.2) is 69.6 Å². The SMILES string of the molecule is O=C(O)C1=C(C(=O)N=c2sc(C3CC3)nn2Cc2ccc(-c3ccccc3S(=O)(=O)NC(=O)C3CC3)cc2)CCC1. The fourth-order valence-electron chi connectivity index (χ4n) is 4.90. The predicted octanol–water partition coefficient (Wildman–Crippen LogP) is 3.74. The van der Waals surface area contributed by atoms with Crippen molar-refractivity contribution < 1.29 is 27.9 Å². The second-order valence-corrected chi connectivity index (χ2v) is 13.3. The molecule has 3 aromatic rings. The molecule has 2 saturated carbocycles. The number of nitrogens with one attached hydrogen (secondary N) is 1. The Labute approximate surface area is 240 Å². The summed E-state index contributed by atoms with van der Waals surface area (Å²) in [7, 11) is -4.03. The lowest BCUT2D eigenvalue weighted by atomic mass is 10.0. The van der Waals surface area contributed by atoms with E-state index in [1.165, 1.54) is 17.4 Å². The van der Waals surface area contributed by atoms with Gasteiger partial charge in [-0.3, -0.25) is 9.59 Å². The molecule has 0 spiro atoms. The molecule has 2 N–H and O–H groups in total. The molecule has 0 saturated heterocycles. The minimum atomic E-state index is -4.03. The Balaban J connectivity index is 1.27. The number of hydrogen-bond donors (Lipinski definition) is 2. The highest BCUT2D eigenvalue weighted by molar-refractivity contribution is 7.90. The van der Waals surface area contributed by atoms with E-state index in [2.05, 4.69) is 9.71 Å². The first-order valence-corrected chi connectivity index (χ1v) is 15.9. The van der Waals surface area contributed by atoms with Crippen molar-refractivity contribution >= 4 is 39.1 Å². The highest BCUT2D eigenvalue weighted by atomic mass is 32.2. The number of carbonyl (C=O) groups is 3. The molecule has 0 unspecified atom stereocenters. The van der Waals surface area contributed by atoms with Crippen molar-refractivity contribution in [1.29, 1.82) is 0 Å². The molecule has 10 nitrogen and oxygen atoms in total. The molecule has 2 amide bonds. The molecule has 0 aliphatic heterocycles. The zero-order valence-electron chi connectivity index (χ0n) is 22.1. The van der Waals surface area contributed by atoms with Crippen LogP contribution in [0.4, 0.5) is 0 Å². The lowest BCUT2D eigenvalue weighted by Gasteiger charge is -2.12. The maximum Gasteiger partial charge on any atom is 0.332 e. The third-order valence-corrected chi connectivity index (χ3v) is 9.96. The molecule has 12 heteroatoms. The number of sulfonamides is 1. The maximum absolute atomic E-state index is 13.0. The molecule has 212 valence electrons. The van der Waals surface area contributed by atoms with E-state index in [-0.39, 0.29) is 22.0 Å². The molecule has 41 heavy (non-hydrogen) atoms. The van der Waals surface area contributed by atoms with Gasteiger partial charge in [0.1, 0.15) is 5.01 Å². The molecule has 3 aliphatic carbocycles. The lowest BCUT2D eigenvalue weighted by molar-refractivity contribution is -0.133. The van der Waals surface area contributed by atoms with Gasteiger partial charge in [-0.05, 0) is 62.1 Å². The number of aromatic nitrogens is 2. The summed E-state index contributed by atoms with van der Waals surface area (Å²) in [5.74, 6) is -1.95. The molecule has 1 heterocycles. The number of carboxylic acid groups (broad SMARTS) is 1. The van der Waals surface area contributed by atoms with Crippen LogP contribution in [-0.4, -0.2) is 41.1 Å². The number of rotatable bonds is 9. The summed E-state index contributed by atoms with van der Waals surface area (Å²) in [5, 5.41) is 15.1. The molecule has 2 aromatic carbocycles. The summed E-state index contributed by atoms with van der Waals surface area (Å²) in [6.07, 6.45) is 4.87. The van der Waals surface area contributed by atoms with E-state index in [0.29, 0.717) is 60.5 Å². The number of hydrogen-bond acceptors (Lipinski definition) is 7. The first kappa shape index (κ1) is 27.3. The Bertz CT molecular complexity index is 1760. The normalized spacial score (nSPS) is 17.6. The lowest BCUT2D eigenvalue weighted by Crippen LogP contribution is -2.32. The Morgan fingerprint density at radius 3 is 2.39 bits per heavy atom. The van der Waals surface area contributed by atoms with Crippen LogP contribution < -0.4 is 9.52 Å². The molecule has 3 aliphatic rings. The molecule has 0 atom stereocenters. The van der Waals surface area contributed by atoms with Crippen LogP contribution in [0.1, 0.15) is 61.4 Å². The monoisotopic (exact) mass is 592 g/mol. The van der Waals surface area contributed by atoms with Crippen LogP contribution in [0.3, 0.4) is 0 Å². The van der Waals surface area contributed by atoms with Gasteiger partial charge in [0.25, 0.3) is 15.9 Å². The first-order valence-electron chi connectivity index (χ1n) is 13.6. The highest BCUT2D eigenvalue weighted by Gasteiger charge is 2.33. The van der Waals surface area contributed by atoms with E-state index in [1.807, 2.05) is 24.3 Å². The van der Waals surface area contributed by atoms with Crippen molar-refractivity contribution in [2.45, 2.75) is 62.3 Å². The number of carboxylic acids is 1. The van der Waals surface area contributed by atoms with E-state index >= 15 is 0 Å². The van der Waals surface area contributed by atoms with E-state index < -0.39 is 27.8 Å². The Hall–Kier alpha value is -3.90. The molecule has 2 fully saturated rings. The van der Waals surface area contributed by atoms with Crippen molar-refractivity contribution in [2.24, 2.45) is 10.9 Å². The van der Waals surface area contributed by atoms with Crippen LogP contribution in [0.5, 0.6) is 0 Å². The topological polar surface area (TPSA) is 148 Å². The average Bonchev–Trinajstić information content (AvgIpc) is 3.89. The van der Waals surface area contributed by atoms with Crippen molar-refractivity contribution in [2.75, 3.05) is 0 Å². The zero-order valence-corrected chi connectivity index (χ0v) is 23.7. The quantitative estimate of drug-likeness (QED) is 0.385. The van der Waals surface area contributed by atoms with E-state index in [0.717, 1.165) is 23.4 Å². The molecular formula is C29H28N4O6S2. The molecule has 6 rings (SSSR count). The zero-order chi connectivity index (χ0) is 28.7. The molecule has 0 radical (unpaired) electrons. The van der Waals surface area contributed by atoms with Gasteiger partial charge in [0.2, 0.25) is 10.7 Å². The predicted molar refractivity (Wildman–Crippen MR) is 150 cm³/mol. The van der Waals surface area contributed by atoms with Gasteiger partial charge in [0.15, 0.2) is 0 Å². The van der Waals surface area contributed by atoms with Crippen LogP contribution >= 0.6 is 11.3 Å². The third-order valence-electron chi connectivity index (χ3n) is 7.45. The smallest absolute Gasteiger partial charge is 0.332 e. The summed E-state index contributed by atoms with van der Waals surface area (Å²) in [6.45, 7) is 0.331. The van der Waals surface area contributed by atoms with Gasteiger partial charge < -0.3 is 5.11 Å². The van der Waals surface area contributed by atoms with E-state index in [1.54, 1.807) is 22.9 Å². The van der Waals surface area contributed by atoms with Gasteiger partial charge in [-0.15, -0.1) is 0 Å². The fraction of sp³-hybridized carbons (Fsp3) is 0.345. The van der Waals surface area contributed by atoms with Crippen LogP contribution in [0, 0.1) is 5.92 Å². The van der Waals surface area contributed by atoms with Gasteiger partial charge in [-0.25, -0.2) is 22.6 Å². The minimum absolute atomic E-state index is 0.0336. The number of amides is 2. The highest BCUT2D eigenvalue weighted by Crippen LogP contribution is 2.40. The third kappa shape index (κ3) is 5.94. The first-order chi connectivity index (χ1) is 19.7. The van der Waals surface area contributed by atoms with Gasteiger partial charge in [-0.2, -0.15) is 10.1 Å². The van der Waals surface area contributed by atoms with Crippen molar-refractivity contribution in [1.82, 2.24) is 14.5 Å². The maximum atomic E-state index is 13.0. The van der Waals surface area contributed by atoms with Gasteiger partial charge in [-0.1, -0.05) is 53.8 Å². The van der Waals surface area contributed by atoms with Crippen molar-refractivity contribution in [3.63, 3.8) is 0 Å². The number of carbonyl (C=O) groups excluding carboxylic acids is 2. The second kappa shape index (κ2) is 10.8. The number of nitrogens with zero attached hydrogens (tertiary/aromatic N) is 3. The number of aliphatic carboxylic acids is 1. The molecule has 0 bridgehead atoms. The summed E-state index contributed by atoms with van der Waals surface area (Å²) >= 11 is 1.36. The summed E-state index contributed by atoms with van der Waals surface area (Å²) in [5.41, 5.74) is 2.42. The standard InChI is InChI=1S/C29H28N4O6S2/c34-25(19-12-13-19)32-41(38,39)24-7-2-1-4-21(24)18-10-8-17(9-11-18)16-33-29(40-27(31-33)20-14-15-20)30-26(35)22-5-3-6-23(22)28(36)37/h1-2,4,7-11,19-20H,3,5-6,12-16H2,(H,32,34)(H,36,37). The van der Waals surface area contributed by atoms with Gasteiger partial charge >= 0.3 is 5.97 Å². The summed E-state index contributed by atoms with van der Waals surface area (Å²) in [4.78, 5) is 41.4. The van der Waals surface area contributed by atoms with E-state index in [4.69, 9.17) is 5.10 Å². The van der Waals surface area contributed by atoms with Crippen LogP contribution in [-0.2, 0) is 31.0 Å². The van der Waals surface area contributed by atoms with E-state index in [9.17, 15) is 27.9 Å². The minimum Gasteiger partial charge on any atom is -0.478 e. The van der Waals surface area contributed by atoms with Crippen molar-refractivity contribution in [3.05, 3.63) is 75.0 Å². The second-order valence-electron chi connectivity index (χ2n) is 10.6. The average molecular weight is 593 g/mol. The Morgan fingerprint density at radius 2 is 1.71 bits per heavy atom. The molecule has 1 aromatic heterocycles. The summed E-state index contributed by atoms with van der Waals surface area (Å²) in [6, 6.07) is 13.9. The Kier molecular flexibility index (Phi) is 7.20. The van der Waals surface area contributed by atoms with Gasteiger partial charge in [0.05, 0.1) is 11.4 Å². The van der Waals surface area contributed by atoms with Crippen LogP contribution in [0.2, 0.25) is 0 Å². The van der Waals surface area contributed by atoms with Crippen LogP contribution in [0.25, 0.3) is 11.1 Å². The molecular weight excluding hydrogens is 564 g/mol. The Morgan fingerprint density at radius 1 is 1.00 bits per heavy atom. The fourth-order valence-corrected chi connectivity index (χ4v) is 7.24. The van der Waals surface area contributed by atoms with Gasteiger partial charge in [0, 0.05) is 28.5 Å². The number of benzene rings is 2. The van der Waals surface area contributed by atoms with Crippen molar-refractivity contribution in [3.8, 4) is 11.1 Å².